The smallest absolute Gasteiger partial charge is 0.245 e. The van der Waals surface area contributed by atoms with Gasteiger partial charge in [-0.05, 0) is 44.9 Å². The summed E-state index contributed by atoms with van der Waals surface area (Å²) in [6, 6.07) is 5.27. The lowest BCUT2D eigenvalue weighted by Gasteiger charge is -2.35. The van der Waals surface area contributed by atoms with Gasteiger partial charge in [-0.15, -0.1) is 0 Å². The lowest BCUT2D eigenvalue weighted by Crippen LogP contribution is -2.49. The summed E-state index contributed by atoms with van der Waals surface area (Å²) < 4.78 is 0. The van der Waals surface area contributed by atoms with E-state index in [0.717, 1.165) is 12.8 Å². The zero-order valence-electron chi connectivity index (χ0n) is 13.9. The molecule has 1 aliphatic heterocycles. The molecule has 1 aromatic carbocycles. The van der Waals surface area contributed by atoms with Crippen LogP contribution in [0.5, 0.6) is 0 Å². The Kier molecular flexibility index (Phi) is 5.94. The van der Waals surface area contributed by atoms with E-state index < -0.39 is 5.54 Å². The molecule has 0 spiro atoms. The number of nitrogens with one attached hydrogen (secondary N) is 1. The van der Waals surface area contributed by atoms with Crippen LogP contribution in [0.2, 0.25) is 10.0 Å². The van der Waals surface area contributed by atoms with Crippen LogP contribution in [-0.2, 0) is 15.1 Å². The summed E-state index contributed by atoms with van der Waals surface area (Å²) in [5.41, 5.74) is -0.0199. The molecule has 0 aromatic heterocycles. The average Bonchev–Trinajstić information content (AvgIpc) is 2.53. The van der Waals surface area contributed by atoms with E-state index in [4.69, 9.17) is 23.2 Å². The predicted molar refractivity (Wildman–Crippen MR) is 97.1 cm³/mol. The Morgan fingerprint density at radius 3 is 2.54 bits per heavy atom. The molecule has 1 fully saturated rings. The Hall–Kier alpha value is -1.52. The second-order valence-electron chi connectivity index (χ2n) is 6.54. The van der Waals surface area contributed by atoms with Crippen LogP contribution in [0, 0.1) is 5.92 Å². The van der Waals surface area contributed by atoms with Gasteiger partial charge in [0, 0.05) is 28.7 Å². The Balaban J connectivity index is 2.13. The molecule has 1 atom stereocenters. The third kappa shape index (κ3) is 4.11. The lowest BCUT2D eigenvalue weighted by molar-refractivity contribution is -0.133. The molecule has 24 heavy (non-hydrogen) atoms. The van der Waals surface area contributed by atoms with Gasteiger partial charge in [-0.2, -0.15) is 0 Å². The maximum absolute atomic E-state index is 12.7. The average molecular weight is 369 g/mol. The maximum Gasteiger partial charge on any atom is 0.245 e. The molecule has 0 radical (unpaired) electrons. The van der Waals surface area contributed by atoms with Gasteiger partial charge >= 0.3 is 0 Å². The summed E-state index contributed by atoms with van der Waals surface area (Å²) in [5, 5.41) is 4.06. The number of halogens is 2. The number of hydrogen-bond acceptors (Lipinski definition) is 2. The van der Waals surface area contributed by atoms with Crippen LogP contribution in [0.4, 0.5) is 0 Å². The minimum absolute atomic E-state index is 0.0995. The van der Waals surface area contributed by atoms with Crippen molar-refractivity contribution >= 4 is 35.0 Å². The van der Waals surface area contributed by atoms with Crippen molar-refractivity contribution in [3.05, 3.63) is 46.5 Å². The molecule has 1 aromatic rings. The zero-order chi connectivity index (χ0) is 17.9. The first kappa shape index (κ1) is 18.8. The number of carbonyl (C=O) groups is 2. The highest BCUT2D eigenvalue weighted by molar-refractivity contribution is 6.36. The van der Waals surface area contributed by atoms with Gasteiger partial charge in [0.1, 0.15) is 0 Å². The van der Waals surface area contributed by atoms with Crippen LogP contribution in [0.1, 0.15) is 32.3 Å². The molecule has 1 aliphatic rings. The molecule has 6 heteroatoms. The number of amides is 2. The molecule has 2 rings (SSSR count). The Morgan fingerprint density at radius 1 is 1.33 bits per heavy atom. The van der Waals surface area contributed by atoms with Crippen molar-refractivity contribution in [1.82, 2.24) is 10.2 Å². The number of nitrogens with zero attached hydrogens (tertiary/aromatic N) is 1. The SMILES string of the molecule is C=CC(=O)N1CCCC(C(=O)NC(C)(C)c2c(Cl)cccc2Cl)C1. The molecule has 1 saturated heterocycles. The first-order valence-corrected chi connectivity index (χ1v) is 8.69. The van der Waals surface area contributed by atoms with Gasteiger partial charge < -0.3 is 10.2 Å². The van der Waals surface area contributed by atoms with Crippen molar-refractivity contribution in [3.63, 3.8) is 0 Å². The summed E-state index contributed by atoms with van der Waals surface area (Å²) in [6.45, 7) is 8.31. The number of benzene rings is 1. The fourth-order valence-corrected chi connectivity index (χ4v) is 3.96. The van der Waals surface area contributed by atoms with Crippen LogP contribution in [-0.4, -0.2) is 29.8 Å². The molecule has 130 valence electrons. The van der Waals surface area contributed by atoms with Gasteiger partial charge in [-0.1, -0.05) is 35.8 Å². The zero-order valence-corrected chi connectivity index (χ0v) is 15.5. The van der Waals surface area contributed by atoms with Gasteiger partial charge in [0.2, 0.25) is 11.8 Å². The number of hydrogen-bond donors (Lipinski definition) is 1. The predicted octanol–water partition coefficient (Wildman–Crippen LogP) is 3.77. The molecule has 0 bridgehead atoms. The second kappa shape index (κ2) is 7.58. The Labute approximate surface area is 152 Å². The molecule has 0 aliphatic carbocycles. The van der Waals surface area contributed by atoms with Gasteiger partial charge in [0.05, 0.1) is 11.5 Å². The summed E-state index contributed by atoms with van der Waals surface area (Å²) in [6.07, 6.45) is 2.83. The summed E-state index contributed by atoms with van der Waals surface area (Å²) in [7, 11) is 0. The highest BCUT2D eigenvalue weighted by atomic mass is 35.5. The second-order valence-corrected chi connectivity index (χ2v) is 7.35. The molecule has 1 heterocycles. The van der Waals surface area contributed by atoms with E-state index in [0.29, 0.717) is 28.7 Å². The topological polar surface area (TPSA) is 49.4 Å². The number of carbonyl (C=O) groups excluding carboxylic acids is 2. The number of rotatable bonds is 4. The monoisotopic (exact) mass is 368 g/mol. The molecule has 1 unspecified atom stereocenters. The van der Waals surface area contributed by atoms with E-state index >= 15 is 0 Å². The van der Waals surface area contributed by atoms with E-state index in [1.54, 1.807) is 23.1 Å². The highest BCUT2D eigenvalue weighted by Gasteiger charge is 2.33. The van der Waals surface area contributed by atoms with Crippen LogP contribution in [0.3, 0.4) is 0 Å². The van der Waals surface area contributed by atoms with E-state index in [1.165, 1.54) is 6.08 Å². The van der Waals surface area contributed by atoms with Crippen molar-refractivity contribution in [2.24, 2.45) is 5.92 Å². The fraction of sp³-hybridized carbons (Fsp3) is 0.444. The van der Waals surface area contributed by atoms with Gasteiger partial charge in [0.15, 0.2) is 0 Å². The highest BCUT2D eigenvalue weighted by Crippen LogP contribution is 2.34. The van der Waals surface area contributed by atoms with Crippen molar-refractivity contribution in [2.45, 2.75) is 32.2 Å². The van der Waals surface area contributed by atoms with Gasteiger partial charge in [-0.3, -0.25) is 9.59 Å². The van der Waals surface area contributed by atoms with Crippen LogP contribution in [0.25, 0.3) is 0 Å². The first-order valence-electron chi connectivity index (χ1n) is 7.94. The minimum Gasteiger partial charge on any atom is -0.347 e. The normalized spacial score (nSPS) is 18.2. The first-order chi connectivity index (χ1) is 11.3. The van der Waals surface area contributed by atoms with Crippen LogP contribution < -0.4 is 5.32 Å². The Bertz CT molecular complexity index is 638. The van der Waals surface area contributed by atoms with Gasteiger partial charge in [0.25, 0.3) is 0 Å². The summed E-state index contributed by atoms with van der Waals surface area (Å²) >= 11 is 12.5. The Morgan fingerprint density at radius 2 is 1.96 bits per heavy atom. The largest absolute Gasteiger partial charge is 0.347 e. The van der Waals surface area contributed by atoms with Crippen LogP contribution in [0.15, 0.2) is 30.9 Å². The quantitative estimate of drug-likeness (QED) is 0.822. The standard InChI is InChI=1S/C18H22Cl2N2O2/c1-4-15(23)22-10-6-7-12(11-22)17(24)21-18(2,3)16-13(19)8-5-9-14(16)20/h4-5,8-9,12H,1,6-7,10-11H2,2-3H3,(H,21,24). The van der Waals surface area contributed by atoms with Crippen molar-refractivity contribution < 1.29 is 9.59 Å². The lowest BCUT2D eigenvalue weighted by atomic mass is 9.91. The molecule has 1 N–H and O–H groups in total. The third-order valence-corrected chi connectivity index (χ3v) is 4.93. The maximum atomic E-state index is 12.7. The molecular weight excluding hydrogens is 347 g/mol. The number of likely N-dealkylation sites (tertiary alicyclic amines) is 1. The fourth-order valence-electron chi connectivity index (χ4n) is 3.09. The van der Waals surface area contributed by atoms with Crippen molar-refractivity contribution in [2.75, 3.05) is 13.1 Å². The van der Waals surface area contributed by atoms with E-state index in [1.807, 2.05) is 13.8 Å². The van der Waals surface area contributed by atoms with E-state index in [-0.39, 0.29) is 17.7 Å². The molecule has 0 saturated carbocycles. The third-order valence-electron chi connectivity index (χ3n) is 4.30. The van der Waals surface area contributed by atoms with E-state index in [9.17, 15) is 9.59 Å². The van der Waals surface area contributed by atoms with Crippen molar-refractivity contribution in [3.8, 4) is 0 Å². The molecular formula is C18H22Cl2N2O2. The van der Waals surface area contributed by atoms with Crippen molar-refractivity contribution in [1.29, 1.82) is 0 Å². The number of piperidine rings is 1. The minimum atomic E-state index is -0.711. The summed E-state index contributed by atoms with van der Waals surface area (Å²) in [4.78, 5) is 26.1. The van der Waals surface area contributed by atoms with Crippen LogP contribution >= 0.6 is 23.2 Å². The van der Waals surface area contributed by atoms with E-state index in [2.05, 4.69) is 11.9 Å². The van der Waals surface area contributed by atoms with Gasteiger partial charge in [-0.25, -0.2) is 0 Å². The summed E-state index contributed by atoms with van der Waals surface area (Å²) in [5.74, 6) is -0.485. The molecule has 2 amide bonds. The molecule has 4 nitrogen and oxygen atoms in total.